The van der Waals surface area contributed by atoms with E-state index in [1.807, 2.05) is 0 Å². The molecule has 0 spiro atoms. The normalized spacial score (nSPS) is 12.6. The van der Waals surface area contributed by atoms with Crippen molar-refractivity contribution >= 4 is 11.7 Å². The summed E-state index contributed by atoms with van der Waals surface area (Å²) in [6.07, 6.45) is -5.95. The Bertz CT molecular complexity index is 398. The van der Waals surface area contributed by atoms with E-state index in [1.165, 1.54) is 12.2 Å². The van der Waals surface area contributed by atoms with Crippen LogP contribution in [0.15, 0.2) is 10.6 Å². The number of aryl methyl sites for hydroxylation is 1. The minimum Gasteiger partial charge on any atom is -0.360 e. The molecule has 0 fully saturated rings. The van der Waals surface area contributed by atoms with E-state index in [0.717, 1.165) is 6.07 Å². The zero-order valence-electron chi connectivity index (χ0n) is 7.73. The predicted octanol–water partition coefficient (Wildman–Crippen LogP) is 2.12. The molecule has 90 valence electrons. The van der Waals surface area contributed by atoms with Crippen molar-refractivity contribution < 1.29 is 31.3 Å². The molecule has 1 rings (SSSR count). The van der Waals surface area contributed by atoms with Gasteiger partial charge in [-0.05, 0) is 6.92 Å². The van der Waals surface area contributed by atoms with Crippen LogP contribution in [0.2, 0.25) is 0 Å². The van der Waals surface area contributed by atoms with Crippen LogP contribution in [0.3, 0.4) is 0 Å². The molecule has 1 N–H and O–H groups in total. The lowest BCUT2D eigenvalue weighted by Gasteiger charge is -2.17. The van der Waals surface area contributed by atoms with Gasteiger partial charge in [-0.3, -0.25) is 4.79 Å². The Balaban J connectivity index is 2.80. The van der Waals surface area contributed by atoms with Gasteiger partial charge in [-0.15, -0.1) is 0 Å². The highest BCUT2D eigenvalue weighted by atomic mass is 19.4. The number of rotatable bonds is 2. The van der Waals surface area contributed by atoms with Gasteiger partial charge in [0.1, 0.15) is 5.76 Å². The lowest BCUT2D eigenvalue weighted by molar-refractivity contribution is -0.267. The molecule has 0 aromatic carbocycles. The third-order valence-electron chi connectivity index (χ3n) is 1.51. The smallest absolute Gasteiger partial charge is 0.360 e. The number of aromatic nitrogens is 1. The molecule has 16 heavy (non-hydrogen) atoms. The average Bonchev–Trinajstić information content (AvgIpc) is 2.49. The minimum absolute atomic E-state index is 0.158. The maximum absolute atomic E-state index is 12.4. The zero-order valence-corrected chi connectivity index (χ0v) is 7.73. The molecule has 1 heterocycles. The van der Waals surface area contributed by atoms with Crippen molar-refractivity contribution in [3.63, 3.8) is 0 Å². The number of anilines is 1. The van der Waals surface area contributed by atoms with E-state index < -0.39 is 23.8 Å². The average molecular weight is 244 g/mol. The van der Waals surface area contributed by atoms with Crippen LogP contribution in [0.4, 0.5) is 27.8 Å². The molecule has 9 heteroatoms. The van der Waals surface area contributed by atoms with Gasteiger partial charge < -0.3 is 9.84 Å². The van der Waals surface area contributed by atoms with E-state index in [9.17, 15) is 26.7 Å². The highest BCUT2D eigenvalue weighted by Crippen LogP contribution is 2.36. The fourth-order valence-electron chi connectivity index (χ4n) is 0.749. The standard InChI is InChI=1S/C7H5F5N2O2/c1-3-2-4(14-16-3)13-5(15)6(8,9)7(10,11)12/h2H,1H3,(H,13,14,15). The summed E-state index contributed by atoms with van der Waals surface area (Å²) in [6, 6.07) is 1.00. The van der Waals surface area contributed by atoms with Crippen LogP contribution < -0.4 is 5.32 Å². The number of hydrogen-bond donors (Lipinski definition) is 1. The number of nitrogens with zero attached hydrogens (tertiary/aromatic N) is 1. The molecule has 0 aliphatic heterocycles. The molecule has 0 aliphatic carbocycles. The summed E-state index contributed by atoms with van der Waals surface area (Å²) >= 11 is 0. The molecule has 0 bridgehead atoms. The highest BCUT2D eigenvalue weighted by molar-refractivity contribution is 5.95. The second kappa shape index (κ2) is 3.72. The Hall–Kier alpha value is -1.67. The lowest BCUT2D eigenvalue weighted by atomic mass is 10.3. The monoisotopic (exact) mass is 244 g/mol. The van der Waals surface area contributed by atoms with Gasteiger partial charge in [0, 0.05) is 6.07 Å². The van der Waals surface area contributed by atoms with Crippen LogP contribution in [0.1, 0.15) is 5.76 Å². The van der Waals surface area contributed by atoms with Crippen molar-refractivity contribution in [2.45, 2.75) is 19.0 Å². The van der Waals surface area contributed by atoms with Crippen LogP contribution in [0.5, 0.6) is 0 Å². The third-order valence-corrected chi connectivity index (χ3v) is 1.51. The van der Waals surface area contributed by atoms with E-state index in [2.05, 4.69) is 9.68 Å². The first-order valence-corrected chi connectivity index (χ1v) is 3.84. The number of alkyl halides is 5. The first-order chi connectivity index (χ1) is 7.14. The van der Waals surface area contributed by atoms with E-state index in [4.69, 9.17) is 0 Å². The van der Waals surface area contributed by atoms with Gasteiger partial charge in [0.15, 0.2) is 5.82 Å². The van der Waals surface area contributed by atoms with E-state index in [-0.39, 0.29) is 5.76 Å². The van der Waals surface area contributed by atoms with Crippen molar-refractivity contribution in [1.29, 1.82) is 0 Å². The van der Waals surface area contributed by atoms with Crippen LogP contribution in [0.25, 0.3) is 0 Å². The summed E-state index contributed by atoms with van der Waals surface area (Å²) in [5.41, 5.74) is 0. The minimum atomic E-state index is -5.95. The van der Waals surface area contributed by atoms with E-state index in [0.29, 0.717) is 0 Å². The zero-order chi connectivity index (χ0) is 12.6. The fourth-order valence-corrected chi connectivity index (χ4v) is 0.749. The maximum Gasteiger partial charge on any atom is 0.463 e. The van der Waals surface area contributed by atoms with Gasteiger partial charge in [0.05, 0.1) is 0 Å². The van der Waals surface area contributed by atoms with Crippen LogP contribution in [-0.4, -0.2) is 23.2 Å². The maximum atomic E-state index is 12.4. The molecule has 1 amide bonds. The molecule has 0 saturated carbocycles. The van der Waals surface area contributed by atoms with E-state index in [1.54, 1.807) is 0 Å². The van der Waals surface area contributed by atoms with Gasteiger partial charge in [0.2, 0.25) is 0 Å². The molecule has 4 nitrogen and oxygen atoms in total. The van der Waals surface area contributed by atoms with Crippen LogP contribution in [0, 0.1) is 6.92 Å². The number of carbonyl (C=O) groups excluding carboxylic acids is 1. The summed E-state index contributed by atoms with van der Waals surface area (Å²) in [5, 5.41) is 4.34. The fraction of sp³-hybridized carbons (Fsp3) is 0.429. The quantitative estimate of drug-likeness (QED) is 0.810. The number of amides is 1. The molecular weight excluding hydrogens is 239 g/mol. The number of halogens is 5. The van der Waals surface area contributed by atoms with Gasteiger partial charge in [-0.1, -0.05) is 5.16 Å². The molecule has 0 radical (unpaired) electrons. The van der Waals surface area contributed by atoms with Crippen LogP contribution in [-0.2, 0) is 4.79 Å². The SMILES string of the molecule is Cc1cc(NC(=O)C(F)(F)C(F)(F)F)no1. The second-order valence-electron chi connectivity index (χ2n) is 2.85. The first kappa shape index (κ1) is 12.4. The number of hydrogen-bond acceptors (Lipinski definition) is 3. The number of nitrogens with one attached hydrogen (secondary N) is 1. The van der Waals surface area contributed by atoms with Gasteiger partial charge in [-0.25, -0.2) is 0 Å². The van der Waals surface area contributed by atoms with Gasteiger partial charge >= 0.3 is 18.0 Å². The largest absolute Gasteiger partial charge is 0.463 e. The van der Waals surface area contributed by atoms with Crippen LogP contribution >= 0.6 is 0 Å². The Kier molecular flexibility index (Phi) is 2.89. The number of carbonyl (C=O) groups is 1. The molecule has 1 aromatic heterocycles. The molecular formula is C7H5F5N2O2. The first-order valence-electron chi connectivity index (χ1n) is 3.84. The topological polar surface area (TPSA) is 55.1 Å². The van der Waals surface area contributed by atoms with Crippen molar-refractivity contribution in [1.82, 2.24) is 5.16 Å². The van der Waals surface area contributed by atoms with E-state index >= 15 is 0 Å². The summed E-state index contributed by atoms with van der Waals surface area (Å²) < 4.78 is 64.4. The van der Waals surface area contributed by atoms with Gasteiger partial charge in [-0.2, -0.15) is 22.0 Å². The summed E-state index contributed by atoms with van der Waals surface area (Å²) in [7, 11) is 0. The predicted molar refractivity (Wildman–Crippen MR) is 40.9 cm³/mol. The van der Waals surface area contributed by atoms with Crippen molar-refractivity contribution in [2.24, 2.45) is 0 Å². The molecule has 1 aromatic rings. The summed E-state index contributed by atoms with van der Waals surface area (Å²) in [5.74, 6) is -8.33. The van der Waals surface area contributed by atoms with Crippen molar-refractivity contribution in [3.8, 4) is 0 Å². The molecule has 0 atom stereocenters. The second-order valence-corrected chi connectivity index (χ2v) is 2.85. The molecule has 0 saturated heterocycles. The summed E-state index contributed by atoms with van der Waals surface area (Å²) in [6.45, 7) is 1.38. The van der Waals surface area contributed by atoms with Crippen molar-refractivity contribution in [2.75, 3.05) is 5.32 Å². The summed E-state index contributed by atoms with van der Waals surface area (Å²) in [4.78, 5) is 10.6. The Morgan fingerprint density at radius 3 is 2.31 bits per heavy atom. The lowest BCUT2D eigenvalue weighted by Crippen LogP contribution is -2.47. The third kappa shape index (κ3) is 2.28. The molecule has 0 aliphatic rings. The Labute approximate surface area is 85.4 Å². The molecule has 0 unspecified atom stereocenters. The Morgan fingerprint density at radius 1 is 1.38 bits per heavy atom. The Morgan fingerprint density at radius 2 is 1.94 bits per heavy atom. The highest BCUT2D eigenvalue weighted by Gasteiger charge is 2.63. The van der Waals surface area contributed by atoms with Gasteiger partial charge in [0.25, 0.3) is 0 Å². The van der Waals surface area contributed by atoms with Crippen molar-refractivity contribution in [3.05, 3.63) is 11.8 Å².